The lowest BCUT2D eigenvalue weighted by atomic mass is 10.2. The third-order valence-electron chi connectivity index (χ3n) is 3.94. The number of anilines is 2. The molecule has 0 spiro atoms. The molecule has 142 valence electrons. The van der Waals surface area contributed by atoms with Crippen molar-refractivity contribution in [3.05, 3.63) is 84.4 Å². The zero-order valence-electron chi connectivity index (χ0n) is 15.4. The lowest BCUT2D eigenvalue weighted by molar-refractivity contribution is -0.114. The van der Waals surface area contributed by atoms with Crippen molar-refractivity contribution in [3.8, 4) is 11.5 Å². The molecule has 3 aromatic rings. The van der Waals surface area contributed by atoms with Gasteiger partial charge in [-0.2, -0.15) is 0 Å². The van der Waals surface area contributed by atoms with Crippen LogP contribution in [0.1, 0.15) is 10.4 Å². The summed E-state index contributed by atoms with van der Waals surface area (Å²) in [6, 6.07) is 23.6. The second-order valence-corrected chi connectivity index (χ2v) is 6.00. The minimum Gasteiger partial charge on any atom is -0.457 e. The number of para-hydroxylation sites is 1. The molecule has 2 amide bonds. The Labute approximate surface area is 163 Å². The van der Waals surface area contributed by atoms with E-state index in [4.69, 9.17) is 4.74 Å². The Morgan fingerprint density at radius 1 is 0.786 bits per heavy atom. The number of ether oxygens (including phenoxy) is 1. The van der Waals surface area contributed by atoms with Crippen LogP contribution in [0, 0.1) is 0 Å². The molecule has 0 aromatic heterocycles. The molecular formula is C22H21N3O3. The molecule has 6 heteroatoms. The fraction of sp³-hybridized carbons (Fsp3) is 0.0909. The van der Waals surface area contributed by atoms with Crippen LogP contribution in [0.4, 0.5) is 11.4 Å². The molecule has 3 rings (SSSR count). The number of amides is 2. The van der Waals surface area contributed by atoms with Gasteiger partial charge in [-0.15, -0.1) is 0 Å². The number of rotatable bonds is 7. The average molecular weight is 375 g/mol. The van der Waals surface area contributed by atoms with Gasteiger partial charge in [-0.25, -0.2) is 0 Å². The van der Waals surface area contributed by atoms with Crippen molar-refractivity contribution >= 4 is 23.2 Å². The molecule has 3 aromatic carbocycles. The van der Waals surface area contributed by atoms with E-state index in [-0.39, 0.29) is 18.4 Å². The van der Waals surface area contributed by atoms with Crippen LogP contribution < -0.4 is 20.7 Å². The second kappa shape index (κ2) is 9.23. The normalized spacial score (nSPS) is 10.0. The number of carbonyl (C=O) groups is 2. The minimum atomic E-state index is -0.183. The van der Waals surface area contributed by atoms with E-state index in [0.29, 0.717) is 11.3 Å². The molecule has 0 saturated carbocycles. The highest BCUT2D eigenvalue weighted by Gasteiger charge is 2.05. The van der Waals surface area contributed by atoms with Crippen molar-refractivity contribution < 1.29 is 14.3 Å². The highest BCUT2D eigenvalue weighted by Crippen LogP contribution is 2.22. The number of benzene rings is 3. The Balaban J connectivity index is 1.48. The summed E-state index contributed by atoms with van der Waals surface area (Å²) in [4.78, 5) is 23.6. The summed E-state index contributed by atoms with van der Waals surface area (Å²) in [7, 11) is 1.57. The summed E-state index contributed by atoms with van der Waals surface area (Å²) >= 11 is 0. The summed E-state index contributed by atoms with van der Waals surface area (Å²) in [6.07, 6.45) is 0. The zero-order valence-corrected chi connectivity index (χ0v) is 15.4. The number of nitrogens with one attached hydrogen (secondary N) is 3. The maximum atomic E-state index is 12.1. The van der Waals surface area contributed by atoms with Gasteiger partial charge < -0.3 is 20.7 Å². The summed E-state index contributed by atoms with van der Waals surface area (Å²) in [5.41, 5.74) is 1.98. The topological polar surface area (TPSA) is 79.5 Å². The molecule has 0 unspecified atom stereocenters. The largest absolute Gasteiger partial charge is 0.457 e. The Bertz CT molecular complexity index is 924. The van der Waals surface area contributed by atoms with E-state index >= 15 is 0 Å². The Morgan fingerprint density at radius 3 is 2.04 bits per heavy atom. The number of hydrogen-bond acceptors (Lipinski definition) is 4. The first-order valence-corrected chi connectivity index (χ1v) is 8.83. The molecule has 0 radical (unpaired) electrons. The van der Waals surface area contributed by atoms with Gasteiger partial charge in [0.2, 0.25) is 5.91 Å². The number of carbonyl (C=O) groups excluding carboxylic acids is 2. The van der Waals surface area contributed by atoms with Crippen LogP contribution in [0.2, 0.25) is 0 Å². The lowest BCUT2D eigenvalue weighted by Crippen LogP contribution is -2.22. The van der Waals surface area contributed by atoms with E-state index in [1.54, 1.807) is 31.3 Å². The molecule has 0 atom stereocenters. The summed E-state index contributed by atoms with van der Waals surface area (Å²) in [6.45, 7) is 0.121. The molecule has 0 fully saturated rings. The smallest absolute Gasteiger partial charge is 0.251 e. The SMILES string of the molecule is CNC(=O)c1ccc(NC(=O)CNc2ccc(Oc3ccccc3)cc2)cc1. The minimum absolute atomic E-state index is 0.121. The van der Waals surface area contributed by atoms with Gasteiger partial charge in [0.25, 0.3) is 5.91 Å². The average Bonchev–Trinajstić information content (AvgIpc) is 2.74. The summed E-state index contributed by atoms with van der Waals surface area (Å²) in [5, 5.41) is 8.40. The van der Waals surface area contributed by atoms with Crippen LogP contribution in [0.5, 0.6) is 11.5 Å². The molecule has 3 N–H and O–H groups in total. The van der Waals surface area contributed by atoms with Crippen LogP contribution in [0.15, 0.2) is 78.9 Å². The molecule has 0 aliphatic rings. The van der Waals surface area contributed by atoms with Gasteiger partial charge in [0, 0.05) is 24.0 Å². The first-order valence-electron chi connectivity index (χ1n) is 8.83. The first-order chi connectivity index (χ1) is 13.6. The van der Waals surface area contributed by atoms with Crippen molar-refractivity contribution in [2.45, 2.75) is 0 Å². The summed E-state index contributed by atoms with van der Waals surface area (Å²) < 4.78 is 5.74. The van der Waals surface area contributed by atoms with Crippen molar-refractivity contribution in [2.75, 3.05) is 24.2 Å². The third kappa shape index (κ3) is 5.35. The van der Waals surface area contributed by atoms with Gasteiger partial charge in [-0.1, -0.05) is 18.2 Å². The van der Waals surface area contributed by atoms with Gasteiger partial charge in [0.1, 0.15) is 11.5 Å². The van der Waals surface area contributed by atoms with Crippen LogP contribution in [-0.4, -0.2) is 25.4 Å². The molecule has 0 saturated heterocycles. The van der Waals surface area contributed by atoms with Crippen molar-refractivity contribution in [2.24, 2.45) is 0 Å². The Hall–Kier alpha value is -3.80. The van der Waals surface area contributed by atoms with E-state index in [0.717, 1.165) is 17.2 Å². The zero-order chi connectivity index (χ0) is 19.8. The van der Waals surface area contributed by atoms with Crippen LogP contribution in [-0.2, 0) is 4.79 Å². The molecule has 6 nitrogen and oxygen atoms in total. The molecule has 0 heterocycles. The lowest BCUT2D eigenvalue weighted by Gasteiger charge is -2.10. The standard InChI is InChI=1S/C22H21N3O3/c1-23-22(27)16-7-9-18(10-8-16)25-21(26)15-24-17-11-13-20(14-12-17)28-19-5-3-2-4-6-19/h2-14,24H,15H2,1H3,(H,23,27)(H,25,26). The number of hydrogen-bond donors (Lipinski definition) is 3. The van der Waals surface area contributed by atoms with E-state index in [9.17, 15) is 9.59 Å². The fourth-order valence-electron chi connectivity index (χ4n) is 2.50. The molecule has 0 aliphatic heterocycles. The highest BCUT2D eigenvalue weighted by molar-refractivity contribution is 5.96. The van der Waals surface area contributed by atoms with Crippen molar-refractivity contribution in [3.63, 3.8) is 0 Å². The molecule has 28 heavy (non-hydrogen) atoms. The molecular weight excluding hydrogens is 354 g/mol. The molecule has 0 bridgehead atoms. The fourth-order valence-corrected chi connectivity index (χ4v) is 2.50. The first kappa shape index (κ1) is 19.0. The van der Waals surface area contributed by atoms with Gasteiger partial charge >= 0.3 is 0 Å². The molecule has 0 aliphatic carbocycles. The van der Waals surface area contributed by atoms with Crippen molar-refractivity contribution in [1.82, 2.24) is 5.32 Å². The summed E-state index contributed by atoms with van der Waals surface area (Å²) in [5.74, 6) is 1.14. The third-order valence-corrected chi connectivity index (χ3v) is 3.94. The Kier molecular flexibility index (Phi) is 6.25. The quantitative estimate of drug-likeness (QED) is 0.585. The van der Waals surface area contributed by atoms with Crippen LogP contribution in [0.25, 0.3) is 0 Å². The predicted octanol–water partition coefficient (Wildman–Crippen LogP) is 3.89. The van der Waals surface area contributed by atoms with E-state index in [2.05, 4.69) is 16.0 Å². The monoisotopic (exact) mass is 375 g/mol. The maximum absolute atomic E-state index is 12.1. The van der Waals surface area contributed by atoms with Gasteiger partial charge in [0.15, 0.2) is 0 Å². The highest BCUT2D eigenvalue weighted by atomic mass is 16.5. The van der Waals surface area contributed by atoms with Gasteiger partial charge in [-0.3, -0.25) is 9.59 Å². The second-order valence-electron chi connectivity index (χ2n) is 6.00. The van der Waals surface area contributed by atoms with Gasteiger partial charge in [0.05, 0.1) is 6.54 Å². The Morgan fingerprint density at radius 2 is 1.39 bits per heavy atom. The predicted molar refractivity (Wildman–Crippen MR) is 110 cm³/mol. The maximum Gasteiger partial charge on any atom is 0.251 e. The van der Waals surface area contributed by atoms with E-state index in [1.165, 1.54) is 0 Å². The van der Waals surface area contributed by atoms with Gasteiger partial charge in [-0.05, 0) is 60.7 Å². The van der Waals surface area contributed by atoms with Crippen LogP contribution >= 0.6 is 0 Å². The van der Waals surface area contributed by atoms with E-state index < -0.39 is 0 Å². The van der Waals surface area contributed by atoms with E-state index in [1.807, 2.05) is 54.6 Å². The van der Waals surface area contributed by atoms with Crippen molar-refractivity contribution in [1.29, 1.82) is 0 Å². The van der Waals surface area contributed by atoms with Crippen LogP contribution in [0.3, 0.4) is 0 Å².